The van der Waals surface area contributed by atoms with Gasteiger partial charge >= 0.3 is 26.2 Å². The van der Waals surface area contributed by atoms with Crippen molar-refractivity contribution in [2.75, 3.05) is 0 Å². The van der Waals surface area contributed by atoms with Gasteiger partial charge in [0, 0.05) is 9.52 Å². The Labute approximate surface area is 312 Å². The van der Waals surface area contributed by atoms with Crippen molar-refractivity contribution >= 4 is 31.1 Å². The summed E-state index contributed by atoms with van der Waals surface area (Å²) >= 11 is 0. The number of hydrogen-bond donors (Lipinski definition) is 2. The molecule has 2 radical (unpaired) electrons. The number of phenols is 2. The molecule has 4 heteroatoms. The van der Waals surface area contributed by atoms with Gasteiger partial charge in [-0.3, -0.25) is 0 Å². The van der Waals surface area contributed by atoms with Crippen LogP contribution in [0, 0.1) is 27.7 Å². The molecule has 0 spiro atoms. The monoisotopic (exact) mass is 734 g/mol. The summed E-state index contributed by atoms with van der Waals surface area (Å²) < 4.78 is 0. The number of fused-ring (bicyclic) bond motifs is 2. The van der Waals surface area contributed by atoms with E-state index in [4.69, 9.17) is 0 Å². The van der Waals surface area contributed by atoms with E-state index in [1.54, 1.807) is 12.1 Å². The largest absolute Gasteiger partial charge is 2.00 e. The first-order valence-corrected chi connectivity index (χ1v) is 18.4. The molecular formula is C44H56O2SiZr. The Morgan fingerprint density at radius 3 is 1.08 bits per heavy atom. The van der Waals surface area contributed by atoms with Crippen LogP contribution < -0.4 is 0 Å². The van der Waals surface area contributed by atoms with Gasteiger partial charge in [-0.1, -0.05) is 116 Å². The predicted molar refractivity (Wildman–Crippen MR) is 209 cm³/mol. The van der Waals surface area contributed by atoms with Gasteiger partial charge in [0.2, 0.25) is 0 Å². The summed E-state index contributed by atoms with van der Waals surface area (Å²) in [7, 11) is 1.08. The van der Waals surface area contributed by atoms with E-state index >= 15 is 0 Å². The molecule has 252 valence electrons. The molecule has 6 aromatic carbocycles. The average Bonchev–Trinajstić information content (AvgIpc) is 3.56. The Kier molecular flexibility index (Phi) is 17.6. The third-order valence-corrected chi connectivity index (χ3v) is 7.44. The topological polar surface area (TPSA) is 40.5 Å². The van der Waals surface area contributed by atoms with E-state index < -0.39 is 0 Å². The molecule has 0 amide bonds. The Balaban J connectivity index is 0.000000310. The molecule has 0 fully saturated rings. The van der Waals surface area contributed by atoms with E-state index in [-0.39, 0.29) is 37.0 Å². The summed E-state index contributed by atoms with van der Waals surface area (Å²) in [5, 5.41) is 24.5. The second kappa shape index (κ2) is 19.7. The molecule has 0 aliphatic rings. The van der Waals surface area contributed by atoms with Crippen molar-refractivity contribution in [1.82, 2.24) is 0 Å². The van der Waals surface area contributed by atoms with Crippen molar-refractivity contribution < 1.29 is 36.4 Å². The van der Waals surface area contributed by atoms with Crippen molar-refractivity contribution in [3.8, 4) is 11.5 Å². The van der Waals surface area contributed by atoms with Crippen LogP contribution in [-0.2, 0) is 37.0 Å². The zero-order valence-electron chi connectivity index (χ0n) is 31.3. The van der Waals surface area contributed by atoms with E-state index in [2.05, 4.69) is 141 Å². The SMILES string of the molecule is C[Si]C.Cc1cc2ccccc2[cH-]1.Cc1cc2ccccc2[cH-]1.Cc1ccc(O)c(C(C)(C)C)c1.Cc1ccc(O)c(C(C)(C)C)c1.[Zr+2]. The van der Waals surface area contributed by atoms with Crippen LogP contribution in [0.25, 0.3) is 21.5 Å². The van der Waals surface area contributed by atoms with Crippen LogP contribution in [-0.4, -0.2) is 19.7 Å². The van der Waals surface area contributed by atoms with E-state index in [9.17, 15) is 10.2 Å². The van der Waals surface area contributed by atoms with E-state index in [0.29, 0.717) is 11.5 Å². The quantitative estimate of drug-likeness (QED) is 0.120. The Morgan fingerprint density at radius 1 is 0.500 bits per heavy atom. The van der Waals surface area contributed by atoms with Crippen molar-refractivity contribution in [3.05, 3.63) is 143 Å². The standard InChI is InChI=1S/2C11H16O.2C10H9.C2H6Si.Zr/c2*1-8-5-6-10(12)9(7-8)11(2,3)4;2*1-8-6-9-4-2-3-5-10(9)7-8;1-3-2;/h2*5-7,12H,1-4H3;2*2-7H,1H3;1-2H3;/q;;2*-1;;+2. The third kappa shape index (κ3) is 14.1. The fraction of sp³-hybridized carbons (Fsp3) is 0.318. The van der Waals surface area contributed by atoms with Gasteiger partial charge in [0.15, 0.2) is 0 Å². The van der Waals surface area contributed by atoms with Gasteiger partial charge < -0.3 is 10.2 Å². The summed E-state index contributed by atoms with van der Waals surface area (Å²) in [6, 6.07) is 37.1. The van der Waals surface area contributed by atoms with Crippen LogP contribution in [0.1, 0.15) is 74.9 Å². The first-order chi connectivity index (χ1) is 22.0. The van der Waals surface area contributed by atoms with Gasteiger partial charge in [-0.05, 0) is 47.9 Å². The van der Waals surface area contributed by atoms with Crippen molar-refractivity contribution in [3.63, 3.8) is 0 Å². The zero-order chi connectivity index (χ0) is 35.4. The zero-order valence-corrected chi connectivity index (χ0v) is 34.7. The van der Waals surface area contributed by atoms with Crippen LogP contribution in [0.2, 0.25) is 13.1 Å². The summed E-state index contributed by atoms with van der Waals surface area (Å²) in [4.78, 5) is 0. The molecule has 48 heavy (non-hydrogen) atoms. The van der Waals surface area contributed by atoms with Crippen LogP contribution >= 0.6 is 0 Å². The third-order valence-electron chi connectivity index (χ3n) is 7.44. The second-order valence-corrected chi connectivity index (χ2v) is 15.4. The van der Waals surface area contributed by atoms with Crippen molar-refractivity contribution in [2.45, 2.75) is 93.2 Å². The minimum Gasteiger partial charge on any atom is -0.508 e. The number of hydrogen-bond acceptors (Lipinski definition) is 2. The van der Waals surface area contributed by atoms with Gasteiger partial charge in [-0.2, -0.15) is 12.1 Å². The van der Waals surface area contributed by atoms with Gasteiger partial charge in [0.05, 0.1) is 0 Å². The molecule has 6 aromatic rings. The first kappa shape index (κ1) is 42.8. The van der Waals surface area contributed by atoms with Gasteiger partial charge in [-0.15, -0.1) is 81.2 Å². The smallest absolute Gasteiger partial charge is 0.508 e. The molecule has 2 nitrogen and oxygen atoms in total. The Morgan fingerprint density at radius 2 is 0.812 bits per heavy atom. The molecule has 0 unspecified atom stereocenters. The summed E-state index contributed by atoms with van der Waals surface area (Å²) in [6.45, 7) is 25.2. The maximum absolute atomic E-state index is 9.57. The number of aryl methyl sites for hydroxylation is 4. The average molecular weight is 736 g/mol. The molecule has 0 saturated heterocycles. The minimum atomic E-state index is 0. The first-order valence-electron chi connectivity index (χ1n) is 16.4. The van der Waals surface area contributed by atoms with Crippen LogP contribution in [0.4, 0.5) is 0 Å². The van der Waals surface area contributed by atoms with E-state index in [0.717, 1.165) is 20.6 Å². The molecule has 2 N–H and O–H groups in total. The van der Waals surface area contributed by atoms with Gasteiger partial charge in [0.25, 0.3) is 0 Å². The van der Waals surface area contributed by atoms with Crippen LogP contribution in [0.5, 0.6) is 11.5 Å². The van der Waals surface area contributed by atoms with Crippen molar-refractivity contribution in [1.29, 1.82) is 0 Å². The number of aromatic hydroxyl groups is 2. The summed E-state index contributed by atoms with van der Waals surface area (Å²) in [6.07, 6.45) is 0. The number of rotatable bonds is 0. The molecule has 0 heterocycles. The minimum absolute atomic E-state index is 0. The van der Waals surface area contributed by atoms with Crippen LogP contribution in [0.15, 0.2) is 109 Å². The van der Waals surface area contributed by atoms with Crippen LogP contribution in [0.3, 0.4) is 0 Å². The molecule has 0 aliphatic heterocycles. The summed E-state index contributed by atoms with van der Waals surface area (Å²) in [5.41, 5.74) is 7.16. The Bertz CT molecular complexity index is 1610. The molecule has 0 aromatic heterocycles. The van der Waals surface area contributed by atoms with Crippen molar-refractivity contribution in [2.24, 2.45) is 0 Å². The normalized spacial score (nSPS) is 10.6. The number of benzene rings is 4. The summed E-state index contributed by atoms with van der Waals surface area (Å²) in [5.74, 6) is 0.793. The molecular weight excluding hydrogens is 680 g/mol. The molecule has 6 rings (SSSR count). The van der Waals surface area contributed by atoms with E-state index in [1.165, 1.54) is 43.8 Å². The maximum atomic E-state index is 9.57. The molecule has 0 aliphatic carbocycles. The fourth-order valence-corrected chi connectivity index (χ4v) is 5.11. The van der Waals surface area contributed by atoms with Gasteiger partial charge in [0.1, 0.15) is 11.5 Å². The fourth-order valence-electron chi connectivity index (χ4n) is 5.11. The van der Waals surface area contributed by atoms with E-state index in [1.807, 2.05) is 38.1 Å². The second-order valence-electron chi connectivity index (χ2n) is 14.4. The molecule has 0 saturated carbocycles. The predicted octanol–water partition coefficient (Wildman–Crippen LogP) is 12.5. The molecule has 0 bridgehead atoms. The molecule has 0 atom stereocenters. The van der Waals surface area contributed by atoms with Gasteiger partial charge in [-0.25, -0.2) is 0 Å². The Hall–Kier alpha value is -3.20. The number of phenolic OH excluding ortho intramolecular Hbond substituents is 2. The maximum Gasteiger partial charge on any atom is 2.00 e.